The summed E-state index contributed by atoms with van der Waals surface area (Å²) in [5, 5.41) is 35.3. The van der Waals surface area contributed by atoms with E-state index in [9.17, 15) is 47.9 Å². The van der Waals surface area contributed by atoms with Crippen LogP contribution in [0.5, 0.6) is 0 Å². The average Bonchev–Trinajstić information content (AvgIpc) is 3.27. The Balaban J connectivity index is -0.0000000908. The number of aliphatic hydroxyl groups is 5. The van der Waals surface area contributed by atoms with E-state index in [0.717, 1.165) is 0 Å². The van der Waals surface area contributed by atoms with Crippen LogP contribution in [0.15, 0.2) is 0 Å². The predicted octanol–water partition coefficient (Wildman–Crippen LogP) is 3.42. The van der Waals surface area contributed by atoms with Crippen molar-refractivity contribution >= 4 is 265 Å². The third-order valence-corrected chi connectivity index (χ3v) is 19.3. The van der Waals surface area contributed by atoms with Crippen molar-refractivity contribution in [3.63, 3.8) is 0 Å². The molecule has 0 fully saturated rings. The molecule has 0 aromatic rings. The normalized spacial score (nSPS) is 11.2. The fourth-order valence-electron chi connectivity index (χ4n) is 3.02. The van der Waals surface area contributed by atoms with Gasteiger partial charge in [0.25, 0.3) is 0 Å². The van der Waals surface area contributed by atoms with Gasteiger partial charge in [0.05, 0.1) is 30.5 Å². The summed E-state index contributed by atoms with van der Waals surface area (Å²) in [5.74, 6) is 0. The van der Waals surface area contributed by atoms with E-state index in [-0.39, 0.29) is 74.4 Å². The van der Waals surface area contributed by atoms with Gasteiger partial charge in [-0.15, -0.1) is 0 Å². The summed E-state index contributed by atoms with van der Waals surface area (Å²) in [6.07, 6.45) is 8.60. The third kappa shape index (κ3) is 114. The molecule has 15 nitrogen and oxygen atoms in total. The van der Waals surface area contributed by atoms with Crippen LogP contribution in [0, 0.1) is 0 Å². The van der Waals surface area contributed by atoms with E-state index in [1.165, 1.54) is 85.9 Å². The monoisotopic (exact) mass is 1640 g/mol. The van der Waals surface area contributed by atoms with Crippen LogP contribution >= 0.6 is 0 Å². The number of rotatable bonds is 31. The first-order chi connectivity index (χ1) is 33.8. The van der Waals surface area contributed by atoms with E-state index in [0.29, 0.717) is 0 Å². The first-order valence-electron chi connectivity index (χ1n) is 23.0. The Bertz CT molecular complexity index is 1180. The van der Waals surface area contributed by atoms with Crippen molar-refractivity contribution in [2.45, 2.75) is 208 Å². The number of unbranched alkanes of at least 4 members (excludes halogenated alkanes) is 6. The zero-order valence-electron chi connectivity index (χ0n) is 42.6. The minimum absolute atomic E-state index is 0.149. The Morgan fingerprint density at radius 2 is 0.452 bits per heavy atom. The zero-order chi connectivity index (χ0) is 59.3. The maximum atomic E-state index is 10.0. The van der Waals surface area contributed by atoms with E-state index in [1.807, 2.05) is 0 Å². The molecule has 0 heterocycles. The molecule has 5 atom stereocenters. The molecule has 0 rings (SSSR count). The Hall–Kier alpha value is 1.89. The van der Waals surface area contributed by atoms with Crippen molar-refractivity contribution in [3.8, 4) is 0 Å². The number of carbonyl (C=O) groups excluding carboxylic acids is 10. The molecule has 0 aromatic carbocycles. The molecule has 0 saturated carbocycles. The minimum Gasteiger partial charge on any atom is -0.742 e. The van der Waals surface area contributed by atoms with Gasteiger partial charge in [-0.1, -0.05) is 0 Å². The van der Waals surface area contributed by atoms with E-state index in [1.54, 1.807) is 62.8 Å². The van der Waals surface area contributed by atoms with Crippen molar-refractivity contribution < 1.29 is 73.5 Å². The van der Waals surface area contributed by atoms with E-state index in [4.69, 9.17) is 25.5 Å². The van der Waals surface area contributed by atoms with Crippen LogP contribution in [-0.4, -0.2) is 195 Å². The summed E-state index contributed by atoms with van der Waals surface area (Å²) in [5.41, 5.74) is 0. The maximum Gasteiger partial charge on any atom is 0.0956 e. The van der Waals surface area contributed by atoms with Gasteiger partial charge in [-0.05, 0) is 0 Å². The molecule has 0 aromatic heterocycles. The number of aliphatic hydroxyl groups excluding tert-OH is 5. The maximum absolute atomic E-state index is 10.0. The standard InChI is InChI=1S/5C4H6O3S2.6C4H9.4Sn/c5*5-2(4(7)9)1-3(6)8;6*1-3-4-2;;;;/h5*2,5H,1H2,(H,6,8)(H,7,9);6*1,3-4H2,2H3;;;;/q;;;;;;;;;;;2*+2;2*+3/p-10. The summed E-state index contributed by atoms with van der Waals surface area (Å²) >= 11 is 44.2. The van der Waals surface area contributed by atoms with Gasteiger partial charge in [-0.2, -0.15) is 0 Å². The second kappa shape index (κ2) is 76.0. The SMILES string of the molecule is CCC[CH2][Sn+2][CH2]CCC.CCC[CH2][Sn+2][CH2]CCC.CCC[CH2][Sn+3].CCC[CH2][Sn+3].O=C([S-])CC(O)C(=O)[S-].O=C([S-])CC(O)C(=O)[S-].O=C([S-])CC(O)C(=O)[S-].O=C([S-])CC(O)C(=O)[S-].O=C([S-])CC(O)C(=O)[S-]. The molecular weight excluding hydrogens is 1560 g/mol. The van der Waals surface area contributed by atoms with Crippen molar-refractivity contribution in [1.29, 1.82) is 0 Å². The summed E-state index contributed by atoms with van der Waals surface area (Å²) in [7, 11) is 0. The Morgan fingerprint density at radius 3 is 0.507 bits per heavy atom. The molecule has 29 heteroatoms. The summed E-state index contributed by atoms with van der Waals surface area (Å²) in [6, 6.07) is 0. The largest absolute Gasteiger partial charge is 0.742 e. The fourth-order valence-corrected chi connectivity index (χ4v) is 14.6. The summed E-state index contributed by atoms with van der Waals surface area (Å²) < 4.78 is 9.37. The summed E-state index contributed by atoms with van der Waals surface area (Å²) in [4.78, 5) is 100. The summed E-state index contributed by atoms with van der Waals surface area (Å²) in [6.45, 7) is 13.6. The van der Waals surface area contributed by atoms with Crippen LogP contribution in [-0.2, 0) is 174 Å². The first-order valence-corrected chi connectivity index (χ1v) is 39.2. The van der Waals surface area contributed by atoms with Gasteiger partial charge in [0.15, 0.2) is 0 Å². The first kappa shape index (κ1) is 94.2. The number of hydrogen-bond donors (Lipinski definition) is 5. The number of hydrogen-bond acceptors (Lipinski definition) is 25. The Labute approximate surface area is 539 Å². The molecule has 0 saturated heterocycles. The minimum atomic E-state index is -1.38. The Kier molecular flexibility index (Phi) is 98.0. The fraction of sp³-hybridized carbons (Fsp3) is 0.773. The second-order valence-electron chi connectivity index (χ2n) is 14.2. The zero-order valence-corrected chi connectivity index (χ0v) is 62.1. The molecule has 416 valence electrons. The predicted molar refractivity (Wildman–Crippen MR) is 318 cm³/mol. The smallest absolute Gasteiger partial charge is 0.0956 e. The van der Waals surface area contributed by atoms with E-state index in [2.05, 4.69) is 168 Å². The van der Waals surface area contributed by atoms with Crippen LogP contribution in [0.3, 0.4) is 0 Å². The van der Waals surface area contributed by atoms with Crippen molar-refractivity contribution in [3.05, 3.63) is 0 Å². The van der Waals surface area contributed by atoms with Gasteiger partial charge in [0.1, 0.15) is 0 Å². The molecule has 0 aliphatic carbocycles. The van der Waals surface area contributed by atoms with Crippen LogP contribution in [0.2, 0.25) is 26.6 Å². The molecule has 0 radical (unpaired) electrons. The van der Waals surface area contributed by atoms with Gasteiger partial charge in [-0.3, -0.25) is 0 Å². The van der Waals surface area contributed by atoms with Gasteiger partial charge < -0.3 is 200 Å². The van der Waals surface area contributed by atoms with Crippen molar-refractivity contribution in [2.75, 3.05) is 0 Å². The third-order valence-electron chi connectivity index (χ3n) is 7.05. The van der Waals surface area contributed by atoms with Gasteiger partial charge in [0.2, 0.25) is 0 Å². The molecule has 0 amide bonds. The average molecular weight is 1640 g/mol. The van der Waals surface area contributed by atoms with Crippen LogP contribution in [0.4, 0.5) is 0 Å². The van der Waals surface area contributed by atoms with Gasteiger partial charge in [-0.25, -0.2) is 0 Å². The van der Waals surface area contributed by atoms with Crippen molar-refractivity contribution in [2.24, 2.45) is 0 Å². The molecule has 0 spiro atoms. The van der Waals surface area contributed by atoms with Crippen molar-refractivity contribution in [1.82, 2.24) is 0 Å². The molecule has 0 bridgehead atoms. The van der Waals surface area contributed by atoms with Crippen LogP contribution in [0.1, 0.15) is 151 Å². The second-order valence-corrected chi connectivity index (χ2v) is 29.9. The molecule has 5 N–H and O–H groups in total. The number of carbonyl (C=O) groups is 10. The quantitative estimate of drug-likeness (QED) is 0.0378. The Morgan fingerprint density at radius 1 is 0.315 bits per heavy atom. The molecule has 0 aliphatic rings. The molecule has 5 unspecified atom stereocenters. The van der Waals surface area contributed by atoms with E-state index < -0.39 is 81.7 Å². The van der Waals surface area contributed by atoms with Gasteiger partial charge in [0, 0.05) is 83.3 Å². The van der Waals surface area contributed by atoms with Gasteiger partial charge >= 0.3 is 233 Å². The molecular formula is C44H74O15S10Sn4. The van der Waals surface area contributed by atoms with Crippen LogP contribution in [0.25, 0.3) is 0 Å². The van der Waals surface area contributed by atoms with E-state index >= 15 is 0 Å². The van der Waals surface area contributed by atoms with Crippen LogP contribution < -0.4 is 0 Å². The molecule has 73 heavy (non-hydrogen) atoms. The topological polar surface area (TPSA) is 272 Å². The molecule has 0 aliphatic heterocycles.